The zero-order valence-corrected chi connectivity index (χ0v) is 13.0. The van der Waals surface area contributed by atoms with E-state index in [1.54, 1.807) is 11.8 Å². The molecule has 0 bridgehead atoms. The summed E-state index contributed by atoms with van der Waals surface area (Å²) in [5.41, 5.74) is 1.01. The number of carbonyl (C=O) groups excluding carboxylic acids is 3. The molecule has 0 radical (unpaired) electrons. The number of carbonyl (C=O) groups is 3. The third-order valence-electron chi connectivity index (χ3n) is 3.96. The van der Waals surface area contributed by atoms with Gasteiger partial charge in [0.2, 0.25) is 5.91 Å². The molecule has 0 aliphatic carbocycles. The topological polar surface area (TPSA) is 63.7 Å². The van der Waals surface area contributed by atoms with Crippen LogP contribution in [0.15, 0.2) is 30.3 Å². The Hall–Kier alpha value is -2.17. The molecule has 0 unspecified atom stereocenters. The lowest BCUT2D eigenvalue weighted by molar-refractivity contribution is -0.147. The molecule has 0 N–H and O–H groups in total. The maximum Gasteiger partial charge on any atom is 0.306 e. The number of amides is 1. The SMILES string of the molecule is CCOC(=O)C[C@H]1C(=O)N(Cc2ccccc2)C[C@H]1C(C)=O. The van der Waals surface area contributed by atoms with Crippen LogP contribution in [-0.4, -0.2) is 35.7 Å². The molecule has 1 fully saturated rings. The molecule has 118 valence electrons. The van der Waals surface area contributed by atoms with Crippen LogP contribution in [0.25, 0.3) is 0 Å². The van der Waals surface area contributed by atoms with Crippen molar-refractivity contribution in [3.05, 3.63) is 35.9 Å². The molecular weight excluding hydrogens is 282 g/mol. The first-order chi connectivity index (χ1) is 10.5. The molecule has 22 heavy (non-hydrogen) atoms. The minimum Gasteiger partial charge on any atom is -0.466 e. The molecule has 1 aromatic rings. The van der Waals surface area contributed by atoms with Gasteiger partial charge in [-0.15, -0.1) is 0 Å². The van der Waals surface area contributed by atoms with Crippen molar-refractivity contribution in [3.8, 4) is 0 Å². The first-order valence-electron chi connectivity index (χ1n) is 7.51. The van der Waals surface area contributed by atoms with Gasteiger partial charge in [0.05, 0.1) is 18.9 Å². The van der Waals surface area contributed by atoms with Crippen molar-refractivity contribution >= 4 is 17.7 Å². The Bertz CT molecular complexity index is 555. The highest BCUT2D eigenvalue weighted by Gasteiger charge is 2.43. The Morgan fingerprint density at radius 3 is 2.55 bits per heavy atom. The van der Waals surface area contributed by atoms with E-state index >= 15 is 0 Å². The van der Waals surface area contributed by atoms with E-state index in [2.05, 4.69) is 0 Å². The minimum atomic E-state index is -0.597. The summed E-state index contributed by atoms with van der Waals surface area (Å²) in [5.74, 6) is -1.65. The Kier molecular flexibility index (Phi) is 5.31. The highest BCUT2D eigenvalue weighted by atomic mass is 16.5. The molecule has 1 aliphatic heterocycles. The lowest BCUT2D eigenvalue weighted by atomic mass is 9.89. The number of rotatable bonds is 6. The maximum atomic E-state index is 12.5. The summed E-state index contributed by atoms with van der Waals surface area (Å²) in [6.07, 6.45) is -0.0256. The molecule has 0 aromatic heterocycles. The summed E-state index contributed by atoms with van der Waals surface area (Å²) in [5, 5.41) is 0. The lowest BCUT2D eigenvalue weighted by Gasteiger charge is -2.16. The van der Waals surface area contributed by atoms with Gasteiger partial charge < -0.3 is 9.64 Å². The van der Waals surface area contributed by atoms with Crippen molar-refractivity contribution in [2.75, 3.05) is 13.2 Å². The van der Waals surface area contributed by atoms with Crippen molar-refractivity contribution in [2.24, 2.45) is 11.8 Å². The van der Waals surface area contributed by atoms with E-state index in [4.69, 9.17) is 4.74 Å². The highest BCUT2D eigenvalue weighted by Crippen LogP contribution is 2.30. The van der Waals surface area contributed by atoms with Crippen LogP contribution in [0.5, 0.6) is 0 Å². The second-order valence-electron chi connectivity index (χ2n) is 5.54. The number of esters is 1. The average molecular weight is 303 g/mol. The molecular formula is C17H21NO4. The van der Waals surface area contributed by atoms with Crippen LogP contribution >= 0.6 is 0 Å². The minimum absolute atomic E-state index is 0.0256. The van der Waals surface area contributed by atoms with Crippen molar-refractivity contribution in [1.29, 1.82) is 0 Å². The monoisotopic (exact) mass is 303 g/mol. The quantitative estimate of drug-likeness (QED) is 0.752. The molecule has 1 amide bonds. The second-order valence-corrected chi connectivity index (χ2v) is 5.54. The molecule has 1 saturated heterocycles. The normalized spacial score (nSPS) is 21.0. The summed E-state index contributed by atoms with van der Waals surface area (Å²) in [4.78, 5) is 37.7. The summed E-state index contributed by atoms with van der Waals surface area (Å²) in [6, 6.07) is 9.61. The fourth-order valence-electron chi connectivity index (χ4n) is 2.85. The van der Waals surface area contributed by atoms with E-state index in [1.165, 1.54) is 6.92 Å². The fraction of sp³-hybridized carbons (Fsp3) is 0.471. The number of nitrogens with zero attached hydrogens (tertiary/aromatic N) is 1. The number of ketones is 1. The lowest BCUT2D eigenvalue weighted by Crippen LogP contribution is -2.28. The molecule has 2 rings (SSSR count). The van der Waals surface area contributed by atoms with Gasteiger partial charge in [0.1, 0.15) is 5.78 Å². The second kappa shape index (κ2) is 7.20. The van der Waals surface area contributed by atoms with Gasteiger partial charge in [-0.25, -0.2) is 0 Å². The van der Waals surface area contributed by atoms with Gasteiger partial charge in [-0.1, -0.05) is 30.3 Å². The first kappa shape index (κ1) is 16.2. The largest absolute Gasteiger partial charge is 0.466 e. The predicted octanol–water partition coefficient (Wildman–Crippen LogP) is 1.80. The summed E-state index contributed by atoms with van der Waals surface area (Å²) >= 11 is 0. The number of hydrogen-bond donors (Lipinski definition) is 0. The van der Waals surface area contributed by atoms with Gasteiger partial charge in [0.25, 0.3) is 0 Å². The smallest absolute Gasteiger partial charge is 0.306 e. The summed E-state index contributed by atoms with van der Waals surface area (Å²) in [6.45, 7) is 4.30. The Balaban J connectivity index is 2.10. The van der Waals surface area contributed by atoms with Crippen LogP contribution in [0.4, 0.5) is 0 Å². The van der Waals surface area contributed by atoms with Gasteiger partial charge in [0.15, 0.2) is 0 Å². The maximum absolute atomic E-state index is 12.5. The summed E-state index contributed by atoms with van der Waals surface area (Å²) in [7, 11) is 0. The number of ether oxygens (including phenoxy) is 1. The first-order valence-corrected chi connectivity index (χ1v) is 7.51. The van der Waals surface area contributed by atoms with E-state index in [0.29, 0.717) is 13.1 Å². The average Bonchev–Trinajstić information content (AvgIpc) is 2.78. The van der Waals surface area contributed by atoms with Crippen molar-refractivity contribution in [2.45, 2.75) is 26.8 Å². The standard InChI is InChI=1S/C17H21NO4/c1-3-22-16(20)9-14-15(12(2)19)11-18(17(14)21)10-13-7-5-4-6-8-13/h4-8,14-15H,3,9-11H2,1-2H3/t14-,15+/m1/s1. The predicted molar refractivity (Wildman–Crippen MR) is 80.8 cm³/mol. The summed E-state index contributed by atoms with van der Waals surface area (Å²) < 4.78 is 4.91. The molecule has 0 spiro atoms. The molecule has 1 heterocycles. The van der Waals surface area contributed by atoms with E-state index in [0.717, 1.165) is 5.56 Å². The molecule has 5 nitrogen and oxygen atoms in total. The molecule has 1 aliphatic rings. The van der Waals surface area contributed by atoms with Crippen molar-refractivity contribution in [1.82, 2.24) is 4.90 Å². The van der Waals surface area contributed by atoms with Gasteiger partial charge >= 0.3 is 5.97 Å². The zero-order chi connectivity index (χ0) is 16.1. The van der Waals surface area contributed by atoms with E-state index in [9.17, 15) is 14.4 Å². The van der Waals surface area contributed by atoms with Crippen molar-refractivity contribution < 1.29 is 19.1 Å². The highest BCUT2D eigenvalue weighted by molar-refractivity contribution is 5.93. The molecule has 5 heteroatoms. The van der Waals surface area contributed by atoms with Gasteiger partial charge in [-0.2, -0.15) is 0 Å². The Labute approximate surface area is 130 Å². The van der Waals surface area contributed by atoms with Gasteiger partial charge in [-0.3, -0.25) is 14.4 Å². The number of hydrogen-bond acceptors (Lipinski definition) is 4. The van der Waals surface area contributed by atoms with Crippen LogP contribution in [0.2, 0.25) is 0 Å². The van der Waals surface area contributed by atoms with Crippen molar-refractivity contribution in [3.63, 3.8) is 0 Å². The van der Waals surface area contributed by atoms with E-state index < -0.39 is 17.8 Å². The van der Waals surface area contributed by atoms with Gasteiger partial charge in [0, 0.05) is 19.0 Å². The van der Waals surface area contributed by atoms with Crippen LogP contribution < -0.4 is 0 Å². The Morgan fingerprint density at radius 1 is 1.27 bits per heavy atom. The number of Topliss-reactive ketones (excluding diaryl/α,β-unsaturated/α-hetero) is 1. The molecule has 2 atom stereocenters. The van der Waals surface area contributed by atoms with E-state index in [-0.39, 0.29) is 24.7 Å². The molecule has 1 aromatic carbocycles. The van der Waals surface area contributed by atoms with E-state index in [1.807, 2.05) is 30.3 Å². The number of benzene rings is 1. The van der Waals surface area contributed by atoms with Crippen LogP contribution in [-0.2, 0) is 25.7 Å². The van der Waals surface area contributed by atoms with Crippen LogP contribution in [0.3, 0.4) is 0 Å². The number of likely N-dealkylation sites (tertiary alicyclic amines) is 1. The Morgan fingerprint density at radius 2 is 1.95 bits per heavy atom. The van der Waals surface area contributed by atoms with Crippen LogP contribution in [0.1, 0.15) is 25.8 Å². The zero-order valence-electron chi connectivity index (χ0n) is 13.0. The third-order valence-corrected chi connectivity index (χ3v) is 3.96. The van der Waals surface area contributed by atoms with Gasteiger partial charge in [-0.05, 0) is 19.4 Å². The third kappa shape index (κ3) is 3.72. The fourth-order valence-corrected chi connectivity index (χ4v) is 2.85. The molecule has 0 saturated carbocycles. The van der Waals surface area contributed by atoms with Crippen LogP contribution in [0, 0.1) is 11.8 Å².